The Balaban J connectivity index is 0.000000190. The van der Waals surface area contributed by atoms with Gasteiger partial charge >= 0.3 is 12.4 Å². The average molecular weight is 1130 g/mol. The van der Waals surface area contributed by atoms with Crippen molar-refractivity contribution in [1.29, 1.82) is 10.5 Å². The van der Waals surface area contributed by atoms with E-state index < -0.39 is 110 Å². The number of amides is 2. The van der Waals surface area contributed by atoms with Crippen molar-refractivity contribution >= 4 is 31.5 Å². The quantitative estimate of drug-likeness (QED) is 0.124. The molecule has 4 saturated carbocycles. The van der Waals surface area contributed by atoms with E-state index in [1.54, 1.807) is 14.1 Å². The van der Waals surface area contributed by atoms with Gasteiger partial charge in [-0.15, -0.1) is 0 Å². The Morgan fingerprint density at radius 1 is 0.615 bits per heavy atom. The summed E-state index contributed by atoms with van der Waals surface area (Å²) in [6.45, 7) is 1.86. The van der Waals surface area contributed by atoms with Gasteiger partial charge in [0, 0.05) is 64.0 Å². The van der Waals surface area contributed by atoms with Crippen molar-refractivity contribution in [1.82, 2.24) is 30.2 Å². The standard InChI is InChI=1S/2C26H29F3N4O5S/c2*1-33-14-17(13-31-33)16-2-3-23(21(10-16)26(27,28)29)39(35,36)19-11-20(24(34)32-25(15-30)6-7-25)22(12-19)38-18-4-8-37-9-5-18/h2*2-3,10,13-14,18-20,22H,4-9,11-12H2,1H3,(H,32,34)/t2*19-,20-,22-/m10/s1. The SMILES string of the molecule is Cn1cc(-c2ccc(S(=O)(=O)[C@@H]3C[C@H](OC4CCOCC4)[C@@H](C(=O)NC4(C#N)CC4)C3)c(C(F)(F)F)c2)cn1.Cn1cc(-c2ccc(S(=O)(=O)[C@H]3C[C@@H](OC4CCOCC4)[C@H](C(=O)NC4(C#N)CC4)C3)c(C(F)(F)F)c2)cn1. The summed E-state index contributed by atoms with van der Waals surface area (Å²) < 4.78 is 166. The second-order valence-corrected chi connectivity index (χ2v) is 25.4. The highest BCUT2D eigenvalue weighted by molar-refractivity contribution is 7.92. The van der Waals surface area contributed by atoms with Crippen molar-refractivity contribution < 1.29 is 71.7 Å². The van der Waals surface area contributed by atoms with Crippen molar-refractivity contribution in [2.45, 2.75) is 145 Å². The minimum atomic E-state index is -4.93. The van der Waals surface area contributed by atoms with Crippen molar-refractivity contribution in [3.8, 4) is 34.4 Å². The molecule has 4 aromatic rings. The number of halogens is 6. The van der Waals surface area contributed by atoms with Crippen LogP contribution in [0.5, 0.6) is 0 Å². The molecule has 10 rings (SSSR count). The summed E-state index contributed by atoms with van der Waals surface area (Å²) in [6.07, 6.45) is -2.54. The molecule has 2 aromatic carbocycles. The summed E-state index contributed by atoms with van der Waals surface area (Å²) in [5.74, 6) is -2.84. The van der Waals surface area contributed by atoms with Gasteiger partial charge in [0.2, 0.25) is 11.8 Å². The van der Waals surface area contributed by atoms with Gasteiger partial charge in [0.25, 0.3) is 0 Å². The molecular formula is C52H58F6N8O10S2. The Kier molecular flexibility index (Phi) is 16.0. The van der Waals surface area contributed by atoms with E-state index in [1.807, 2.05) is 0 Å². The number of aromatic nitrogens is 4. The Bertz CT molecular complexity index is 2990. The lowest BCUT2D eigenvalue weighted by Crippen LogP contribution is -2.43. The van der Waals surface area contributed by atoms with Gasteiger partial charge in [-0.25, -0.2) is 16.8 Å². The van der Waals surface area contributed by atoms with E-state index in [1.165, 1.54) is 46.3 Å². The topological polar surface area (TPSA) is 247 Å². The number of nitrogens with one attached hydrogen (secondary N) is 2. The first-order valence-electron chi connectivity index (χ1n) is 25.6. The van der Waals surface area contributed by atoms with Crippen LogP contribution in [0, 0.1) is 34.5 Å². The summed E-state index contributed by atoms with van der Waals surface area (Å²) in [7, 11) is -5.77. The van der Waals surface area contributed by atoms with E-state index in [9.17, 15) is 63.3 Å². The van der Waals surface area contributed by atoms with Crippen molar-refractivity contribution in [2.24, 2.45) is 25.9 Å². The number of alkyl halides is 6. The smallest absolute Gasteiger partial charge is 0.381 e. The zero-order chi connectivity index (χ0) is 56.0. The van der Waals surface area contributed by atoms with Gasteiger partial charge in [0.15, 0.2) is 19.7 Å². The lowest BCUT2D eigenvalue weighted by atomic mass is 10.0. The molecule has 26 heteroatoms. The fourth-order valence-electron chi connectivity index (χ4n) is 10.7. The lowest BCUT2D eigenvalue weighted by molar-refractivity contribution is -0.140. The molecule has 6 fully saturated rings. The van der Waals surface area contributed by atoms with Crippen LogP contribution in [0.25, 0.3) is 22.3 Å². The lowest BCUT2D eigenvalue weighted by Gasteiger charge is -2.28. The number of nitriles is 2. The van der Waals surface area contributed by atoms with Gasteiger partial charge < -0.3 is 29.6 Å². The van der Waals surface area contributed by atoms with Crippen LogP contribution >= 0.6 is 0 Å². The first-order chi connectivity index (χ1) is 36.8. The molecule has 2 saturated heterocycles. The number of benzene rings is 2. The predicted molar refractivity (Wildman–Crippen MR) is 264 cm³/mol. The Morgan fingerprint density at radius 3 is 1.27 bits per heavy atom. The molecule has 0 unspecified atom stereocenters. The van der Waals surface area contributed by atoms with Crippen LogP contribution in [0.1, 0.15) is 88.2 Å². The number of sulfone groups is 2. The van der Waals surface area contributed by atoms with Crippen molar-refractivity contribution in [3.05, 3.63) is 72.3 Å². The zero-order valence-electron chi connectivity index (χ0n) is 42.6. The number of ether oxygens (including phenoxy) is 4. The highest BCUT2D eigenvalue weighted by atomic mass is 32.2. The molecule has 18 nitrogen and oxygen atoms in total. The third-order valence-corrected chi connectivity index (χ3v) is 19.9. The van der Waals surface area contributed by atoms with E-state index in [4.69, 9.17) is 18.9 Å². The number of aryl methyl sites for hydroxylation is 2. The summed E-state index contributed by atoms with van der Waals surface area (Å²) >= 11 is 0. The van der Waals surface area contributed by atoms with E-state index in [2.05, 4.69) is 33.0 Å². The van der Waals surface area contributed by atoms with E-state index in [0.29, 0.717) is 88.9 Å². The molecule has 6 aliphatic rings. The average Bonchev–Trinajstić information content (AvgIpc) is 4.16. The van der Waals surface area contributed by atoms with Gasteiger partial charge in [0.05, 0.1) is 92.2 Å². The molecule has 4 heterocycles. The van der Waals surface area contributed by atoms with Crippen LogP contribution in [-0.2, 0) is 74.7 Å². The number of rotatable bonds is 14. The van der Waals surface area contributed by atoms with Gasteiger partial charge in [-0.3, -0.25) is 19.0 Å². The number of carbonyl (C=O) groups is 2. The summed E-state index contributed by atoms with van der Waals surface area (Å²) in [5.41, 5.74) is -3.26. The second-order valence-electron chi connectivity index (χ2n) is 21.1. The van der Waals surface area contributed by atoms with Gasteiger partial charge in [-0.05, 0) is 112 Å². The molecule has 4 aliphatic carbocycles. The molecule has 2 amide bonds. The third kappa shape index (κ3) is 12.4. The van der Waals surface area contributed by atoms with Gasteiger partial charge in [-0.2, -0.15) is 47.1 Å². The Hall–Kier alpha value is -5.90. The molecule has 78 heavy (non-hydrogen) atoms. The molecule has 0 spiro atoms. The monoisotopic (exact) mass is 1130 g/mol. The normalized spacial score (nSPS) is 25.3. The van der Waals surface area contributed by atoms with Crippen LogP contribution in [0.4, 0.5) is 26.3 Å². The van der Waals surface area contributed by atoms with Gasteiger partial charge in [-0.1, -0.05) is 12.1 Å². The van der Waals surface area contributed by atoms with Crippen LogP contribution in [0.2, 0.25) is 0 Å². The highest BCUT2D eigenvalue weighted by Gasteiger charge is 2.54. The van der Waals surface area contributed by atoms with Crippen LogP contribution < -0.4 is 10.6 Å². The Labute approximate surface area is 446 Å². The fourth-order valence-corrected chi connectivity index (χ4v) is 14.7. The predicted octanol–water partition coefficient (Wildman–Crippen LogP) is 6.79. The number of carbonyl (C=O) groups excluding carboxylic acids is 2. The van der Waals surface area contributed by atoms with E-state index in [0.717, 1.165) is 24.3 Å². The largest absolute Gasteiger partial charge is 0.417 e. The van der Waals surface area contributed by atoms with E-state index in [-0.39, 0.29) is 49.0 Å². The maximum Gasteiger partial charge on any atom is 0.417 e. The maximum absolute atomic E-state index is 14.2. The molecule has 2 N–H and O–H groups in total. The summed E-state index contributed by atoms with van der Waals surface area (Å²) in [4.78, 5) is 24.8. The Morgan fingerprint density at radius 2 is 0.974 bits per heavy atom. The fraction of sp³-hybridized carbons (Fsp3) is 0.577. The van der Waals surface area contributed by atoms with Gasteiger partial charge in [0.1, 0.15) is 11.1 Å². The number of hydrogen-bond donors (Lipinski definition) is 2. The molecule has 2 aliphatic heterocycles. The van der Waals surface area contributed by atoms with Crippen LogP contribution in [-0.4, -0.2) is 121 Å². The molecule has 0 bridgehead atoms. The van der Waals surface area contributed by atoms with E-state index >= 15 is 0 Å². The first kappa shape index (κ1) is 56.8. The maximum atomic E-state index is 14.2. The van der Waals surface area contributed by atoms with Crippen molar-refractivity contribution in [2.75, 3.05) is 26.4 Å². The van der Waals surface area contributed by atoms with Crippen molar-refractivity contribution in [3.63, 3.8) is 0 Å². The van der Waals surface area contributed by atoms with Crippen LogP contribution in [0.3, 0.4) is 0 Å². The molecule has 6 atom stereocenters. The zero-order valence-corrected chi connectivity index (χ0v) is 44.2. The summed E-state index contributed by atoms with van der Waals surface area (Å²) in [6, 6.07) is 10.4. The van der Waals surface area contributed by atoms with Crippen LogP contribution in [0.15, 0.2) is 71.0 Å². The third-order valence-electron chi connectivity index (χ3n) is 15.5. The minimum absolute atomic E-state index is 0.126. The summed E-state index contributed by atoms with van der Waals surface area (Å²) in [5, 5.41) is 29.6. The minimum Gasteiger partial charge on any atom is -0.381 e. The molecule has 420 valence electrons. The second kappa shape index (κ2) is 22.0. The first-order valence-corrected chi connectivity index (χ1v) is 28.7. The number of nitrogens with zero attached hydrogens (tertiary/aromatic N) is 6. The number of hydrogen-bond acceptors (Lipinski definition) is 14. The molecule has 2 aromatic heterocycles. The molecule has 0 radical (unpaired) electrons. The molecular weight excluding hydrogens is 1070 g/mol. The highest BCUT2D eigenvalue weighted by Crippen LogP contribution is 2.46.